The molecule has 14 heteroatoms. The SMILES string of the molecule is CC(C)(C)OC(=O)NC1COC(CN2Cc3cc(NC(=O)c4cnn5cccnc45)c(N4CCOCC4)cc3C2=O)OC1. The van der Waals surface area contributed by atoms with E-state index in [1.807, 2.05) is 12.1 Å². The molecule has 0 atom stereocenters. The van der Waals surface area contributed by atoms with Crippen molar-refractivity contribution < 1.29 is 33.3 Å². The van der Waals surface area contributed by atoms with Crippen LogP contribution in [-0.2, 0) is 25.5 Å². The predicted octanol–water partition coefficient (Wildman–Crippen LogP) is 2.04. The highest BCUT2D eigenvalue weighted by Gasteiger charge is 2.34. The topological polar surface area (TPSA) is 149 Å². The molecule has 2 aromatic heterocycles. The number of amides is 3. The van der Waals surface area contributed by atoms with Gasteiger partial charge < -0.3 is 39.4 Å². The number of benzene rings is 1. The van der Waals surface area contributed by atoms with Crippen molar-refractivity contribution in [2.45, 2.75) is 45.2 Å². The first-order valence-corrected chi connectivity index (χ1v) is 14.3. The van der Waals surface area contributed by atoms with Crippen molar-refractivity contribution in [3.8, 4) is 0 Å². The zero-order chi connectivity index (χ0) is 30.1. The summed E-state index contributed by atoms with van der Waals surface area (Å²) in [5.74, 6) is -0.488. The molecule has 14 nitrogen and oxygen atoms in total. The highest BCUT2D eigenvalue weighted by Crippen LogP contribution is 2.35. The summed E-state index contributed by atoms with van der Waals surface area (Å²) in [5, 5.41) is 10.0. The Labute approximate surface area is 248 Å². The Morgan fingerprint density at radius 1 is 1.14 bits per heavy atom. The molecule has 2 fully saturated rings. The molecule has 1 aromatic carbocycles. The van der Waals surface area contributed by atoms with E-state index in [2.05, 4.69) is 25.6 Å². The molecule has 0 aliphatic carbocycles. The van der Waals surface area contributed by atoms with E-state index in [0.717, 1.165) is 11.3 Å². The lowest BCUT2D eigenvalue weighted by Crippen LogP contribution is -2.50. The number of aromatic nitrogens is 3. The van der Waals surface area contributed by atoms with E-state index in [0.29, 0.717) is 55.3 Å². The number of alkyl carbamates (subject to hydrolysis) is 1. The van der Waals surface area contributed by atoms with Gasteiger partial charge in [0.1, 0.15) is 11.2 Å². The third-order valence-corrected chi connectivity index (χ3v) is 7.28. The van der Waals surface area contributed by atoms with Gasteiger partial charge in [-0.2, -0.15) is 5.10 Å². The van der Waals surface area contributed by atoms with Crippen molar-refractivity contribution in [1.82, 2.24) is 24.8 Å². The van der Waals surface area contributed by atoms with E-state index < -0.39 is 18.0 Å². The zero-order valence-electron chi connectivity index (χ0n) is 24.4. The number of nitrogens with one attached hydrogen (secondary N) is 2. The summed E-state index contributed by atoms with van der Waals surface area (Å²) in [6, 6.07) is 5.09. The second-order valence-electron chi connectivity index (χ2n) is 11.7. The Morgan fingerprint density at radius 2 is 1.91 bits per heavy atom. The van der Waals surface area contributed by atoms with Gasteiger partial charge in [0, 0.05) is 37.6 Å². The van der Waals surface area contributed by atoms with Crippen LogP contribution in [0, 0.1) is 0 Å². The maximum Gasteiger partial charge on any atom is 0.408 e. The third-order valence-electron chi connectivity index (χ3n) is 7.28. The summed E-state index contributed by atoms with van der Waals surface area (Å²) in [6.07, 6.45) is 3.65. The molecule has 43 heavy (non-hydrogen) atoms. The Morgan fingerprint density at radius 3 is 2.65 bits per heavy atom. The van der Waals surface area contributed by atoms with Gasteiger partial charge in [-0.3, -0.25) is 9.59 Å². The van der Waals surface area contributed by atoms with Crippen molar-refractivity contribution in [2.75, 3.05) is 56.3 Å². The molecule has 0 saturated carbocycles. The summed E-state index contributed by atoms with van der Waals surface area (Å²) < 4.78 is 24.0. The molecule has 228 valence electrons. The van der Waals surface area contributed by atoms with Gasteiger partial charge in [-0.25, -0.2) is 14.3 Å². The monoisotopic (exact) mass is 593 g/mol. The Kier molecular flexibility index (Phi) is 7.90. The zero-order valence-corrected chi connectivity index (χ0v) is 24.4. The number of anilines is 2. The van der Waals surface area contributed by atoms with Crippen molar-refractivity contribution in [3.05, 3.63) is 53.5 Å². The van der Waals surface area contributed by atoms with Crippen LogP contribution in [0.5, 0.6) is 0 Å². The van der Waals surface area contributed by atoms with E-state index in [-0.39, 0.29) is 37.6 Å². The fourth-order valence-electron chi connectivity index (χ4n) is 5.29. The van der Waals surface area contributed by atoms with Crippen LogP contribution in [0.25, 0.3) is 5.65 Å². The Hall–Kier alpha value is -4.27. The minimum absolute atomic E-state index is 0.143. The van der Waals surface area contributed by atoms with Gasteiger partial charge in [0.05, 0.1) is 56.6 Å². The average molecular weight is 594 g/mol. The van der Waals surface area contributed by atoms with Crippen molar-refractivity contribution in [3.63, 3.8) is 0 Å². The fraction of sp³-hybridized carbons (Fsp3) is 0.483. The number of carbonyl (C=O) groups excluding carboxylic acids is 3. The third kappa shape index (κ3) is 6.40. The quantitative estimate of drug-likeness (QED) is 0.435. The molecule has 3 aromatic rings. The number of carbonyl (C=O) groups is 3. The molecule has 5 heterocycles. The highest BCUT2D eigenvalue weighted by atomic mass is 16.7. The number of morpholine rings is 1. The first kappa shape index (κ1) is 28.8. The normalized spacial score (nSPS) is 20.7. The molecule has 0 spiro atoms. The second-order valence-corrected chi connectivity index (χ2v) is 11.7. The van der Waals surface area contributed by atoms with E-state index in [9.17, 15) is 14.4 Å². The van der Waals surface area contributed by atoms with Crippen LogP contribution in [0.2, 0.25) is 0 Å². The Bertz CT molecular complexity index is 1520. The van der Waals surface area contributed by atoms with Gasteiger partial charge in [0.25, 0.3) is 11.8 Å². The molecule has 2 N–H and O–H groups in total. The average Bonchev–Trinajstić information content (AvgIpc) is 3.54. The van der Waals surface area contributed by atoms with Crippen LogP contribution in [0.3, 0.4) is 0 Å². The first-order valence-electron chi connectivity index (χ1n) is 14.3. The number of hydrogen-bond donors (Lipinski definition) is 2. The van der Waals surface area contributed by atoms with Gasteiger partial charge in [0.15, 0.2) is 11.9 Å². The number of hydrogen-bond acceptors (Lipinski definition) is 10. The number of fused-ring (bicyclic) bond motifs is 2. The van der Waals surface area contributed by atoms with Crippen molar-refractivity contribution >= 4 is 34.9 Å². The van der Waals surface area contributed by atoms with Gasteiger partial charge in [-0.1, -0.05) is 0 Å². The summed E-state index contributed by atoms with van der Waals surface area (Å²) in [5.41, 5.74) is 2.88. The maximum atomic E-state index is 13.5. The molecule has 0 bridgehead atoms. The molecule has 3 aliphatic heterocycles. The van der Waals surface area contributed by atoms with E-state index in [1.165, 1.54) is 6.20 Å². The van der Waals surface area contributed by atoms with E-state index in [1.54, 1.807) is 48.6 Å². The molecule has 3 amide bonds. The number of rotatable bonds is 6. The largest absolute Gasteiger partial charge is 0.444 e. The Balaban J connectivity index is 1.15. The minimum atomic E-state index is -0.643. The second kappa shape index (κ2) is 11.8. The highest BCUT2D eigenvalue weighted by molar-refractivity contribution is 6.10. The molecule has 0 radical (unpaired) electrons. The molecule has 0 unspecified atom stereocenters. The standard InChI is InChI=1S/C29H35N7O7/c1-29(2,3)43-28(39)32-19-16-41-24(42-17-19)15-35-14-18-11-22(23(12-20(18)27(35)38)34-7-9-40-10-8-34)33-26(37)21-13-31-36-6-4-5-30-25(21)36/h4-6,11-13,19,24H,7-10,14-17H2,1-3H3,(H,32,39)(H,33,37). The van der Waals surface area contributed by atoms with E-state index in [4.69, 9.17) is 18.9 Å². The van der Waals surface area contributed by atoms with Crippen molar-refractivity contribution in [1.29, 1.82) is 0 Å². The molecule has 2 saturated heterocycles. The summed E-state index contributed by atoms with van der Waals surface area (Å²) in [4.78, 5) is 47.0. The maximum absolute atomic E-state index is 13.5. The van der Waals surface area contributed by atoms with Crippen LogP contribution in [0.4, 0.5) is 16.2 Å². The molecular formula is C29H35N7O7. The van der Waals surface area contributed by atoms with Crippen LogP contribution in [0.1, 0.15) is 47.1 Å². The van der Waals surface area contributed by atoms with Gasteiger partial charge in [-0.15, -0.1) is 0 Å². The van der Waals surface area contributed by atoms with Crippen molar-refractivity contribution in [2.24, 2.45) is 0 Å². The lowest BCUT2D eigenvalue weighted by molar-refractivity contribution is -0.193. The lowest BCUT2D eigenvalue weighted by atomic mass is 10.1. The number of ether oxygens (including phenoxy) is 4. The van der Waals surface area contributed by atoms with Crippen LogP contribution in [0.15, 0.2) is 36.8 Å². The fourth-order valence-corrected chi connectivity index (χ4v) is 5.29. The predicted molar refractivity (Wildman–Crippen MR) is 154 cm³/mol. The molecule has 6 rings (SSSR count). The smallest absolute Gasteiger partial charge is 0.408 e. The molecule has 3 aliphatic rings. The molecular weight excluding hydrogens is 558 g/mol. The van der Waals surface area contributed by atoms with Crippen LogP contribution < -0.4 is 15.5 Å². The lowest BCUT2D eigenvalue weighted by Gasteiger charge is -2.32. The summed E-state index contributed by atoms with van der Waals surface area (Å²) in [7, 11) is 0. The van der Waals surface area contributed by atoms with E-state index >= 15 is 0 Å². The van der Waals surface area contributed by atoms with Gasteiger partial charge >= 0.3 is 6.09 Å². The van der Waals surface area contributed by atoms with Gasteiger partial charge in [0.2, 0.25) is 0 Å². The van der Waals surface area contributed by atoms with Crippen LogP contribution >= 0.6 is 0 Å². The number of nitrogens with zero attached hydrogens (tertiary/aromatic N) is 5. The minimum Gasteiger partial charge on any atom is -0.444 e. The first-order chi connectivity index (χ1) is 20.6. The summed E-state index contributed by atoms with van der Waals surface area (Å²) >= 11 is 0. The van der Waals surface area contributed by atoms with Gasteiger partial charge in [-0.05, 0) is 44.5 Å². The summed E-state index contributed by atoms with van der Waals surface area (Å²) in [6.45, 7) is 8.73. The van der Waals surface area contributed by atoms with Crippen LogP contribution in [-0.4, -0.2) is 101 Å².